The van der Waals surface area contributed by atoms with Crippen LogP contribution in [-0.2, 0) is 33.3 Å². The molecule has 13 unspecified atom stereocenters. The van der Waals surface area contributed by atoms with Gasteiger partial charge in [0.1, 0.15) is 24.4 Å². The zero-order valence-corrected chi connectivity index (χ0v) is 29.7. The standard InChI is InChI=1S/C35H56O19/c36-11-26-29(47)31(53-33(48)13-4-20(41)27(45)21(42)5-13)32(54-34(49)14-6-22(43)28(46)23(44)7-14)35(52-26)51-25-10-16-18(39)8-15(37)9-24(16)50-30(25)12-1-2-17(38)19(40)3-12/h12-32,35-47H,1-11H2/t12?,13?,14?,15?,16?,17?,18?,19?,20?,21?,22?,23?,24?,25?,26-,27?,28?,29-,30?,31+,32-,35-/m1/s1. The number of hydrogen-bond acceptors (Lipinski definition) is 19. The van der Waals surface area contributed by atoms with Gasteiger partial charge in [-0.2, -0.15) is 0 Å². The van der Waals surface area contributed by atoms with E-state index in [9.17, 15) is 70.9 Å². The van der Waals surface area contributed by atoms with Crippen molar-refractivity contribution in [3.63, 3.8) is 0 Å². The lowest BCUT2D eigenvalue weighted by molar-refractivity contribution is -0.336. The highest BCUT2D eigenvalue weighted by molar-refractivity contribution is 5.74. The van der Waals surface area contributed by atoms with E-state index in [1.807, 2.05) is 0 Å². The summed E-state index contributed by atoms with van der Waals surface area (Å²) in [4.78, 5) is 27.3. The van der Waals surface area contributed by atoms with Crippen LogP contribution in [0, 0.1) is 23.7 Å². The molecule has 19 heteroatoms. The molecule has 12 N–H and O–H groups in total. The smallest absolute Gasteiger partial charge is 0.309 e. The van der Waals surface area contributed by atoms with Gasteiger partial charge in [0.25, 0.3) is 0 Å². The highest BCUT2D eigenvalue weighted by Crippen LogP contribution is 2.44. The number of ether oxygens (including phenoxy) is 5. The molecule has 0 aromatic rings. The van der Waals surface area contributed by atoms with Gasteiger partial charge in [-0.25, -0.2) is 0 Å². The van der Waals surface area contributed by atoms with Crippen LogP contribution in [0.5, 0.6) is 0 Å². The summed E-state index contributed by atoms with van der Waals surface area (Å²) >= 11 is 0. The second-order valence-electron chi connectivity index (χ2n) is 16.2. The molecule has 0 amide bonds. The molecule has 310 valence electrons. The molecule has 2 saturated heterocycles. The second kappa shape index (κ2) is 17.5. The van der Waals surface area contributed by atoms with Crippen LogP contribution < -0.4 is 0 Å². The Balaban J connectivity index is 1.31. The van der Waals surface area contributed by atoms with E-state index in [0.29, 0.717) is 6.42 Å². The van der Waals surface area contributed by atoms with Gasteiger partial charge < -0.3 is 85.0 Å². The summed E-state index contributed by atoms with van der Waals surface area (Å²) in [5, 5.41) is 125. The molecule has 2 heterocycles. The quantitative estimate of drug-likeness (QED) is 0.103. The molecule has 0 bridgehead atoms. The van der Waals surface area contributed by atoms with Crippen molar-refractivity contribution in [2.75, 3.05) is 6.61 Å². The third-order valence-corrected chi connectivity index (χ3v) is 12.4. The van der Waals surface area contributed by atoms with Crippen LogP contribution in [0.15, 0.2) is 0 Å². The maximum Gasteiger partial charge on any atom is 0.309 e. The second-order valence-corrected chi connectivity index (χ2v) is 16.2. The minimum Gasteiger partial charge on any atom is -0.455 e. The van der Waals surface area contributed by atoms with Crippen LogP contribution in [0.1, 0.15) is 64.2 Å². The summed E-state index contributed by atoms with van der Waals surface area (Å²) in [7, 11) is 0. The van der Waals surface area contributed by atoms with Crippen molar-refractivity contribution in [3.05, 3.63) is 0 Å². The number of aliphatic hydroxyl groups is 12. The van der Waals surface area contributed by atoms with E-state index in [0.717, 1.165) is 0 Å². The van der Waals surface area contributed by atoms with Gasteiger partial charge in [0.05, 0.1) is 85.6 Å². The average molecular weight is 781 g/mol. The van der Waals surface area contributed by atoms with Crippen LogP contribution in [0.25, 0.3) is 0 Å². The number of carbonyl (C=O) groups is 2. The molecule has 54 heavy (non-hydrogen) atoms. The number of aliphatic hydroxyl groups excluding tert-OH is 12. The maximum atomic E-state index is 13.7. The first-order valence-electron chi connectivity index (χ1n) is 19.0. The van der Waals surface area contributed by atoms with Gasteiger partial charge >= 0.3 is 11.9 Å². The van der Waals surface area contributed by atoms with Crippen LogP contribution in [0.4, 0.5) is 0 Å². The van der Waals surface area contributed by atoms with E-state index in [-0.39, 0.29) is 57.8 Å². The fourth-order valence-electron chi connectivity index (χ4n) is 9.26. The zero-order chi connectivity index (χ0) is 39.2. The Morgan fingerprint density at radius 1 is 0.556 bits per heavy atom. The maximum absolute atomic E-state index is 13.7. The van der Waals surface area contributed by atoms with Gasteiger partial charge in [-0.3, -0.25) is 9.59 Å². The van der Waals surface area contributed by atoms with E-state index in [1.54, 1.807) is 0 Å². The first-order valence-corrected chi connectivity index (χ1v) is 19.0. The van der Waals surface area contributed by atoms with Gasteiger partial charge in [0.2, 0.25) is 0 Å². The zero-order valence-electron chi connectivity index (χ0n) is 29.7. The average Bonchev–Trinajstić information content (AvgIpc) is 3.12. The largest absolute Gasteiger partial charge is 0.455 e. The Bertz CT molecular complexity index is 1250. The molecule has 6 aliphatic rings. The molecule has 0 aromatic carbocycles. The van der Waals surface area contributed by atoms with Crippen molar-refractivity contribution in [1.82, 2.24) is 0 Å². The Morgan fingerprint density at radius 2 is 1.11 bits per heavy atom. The van der Waals surface area contributed by atoms with Gasteiger partial charge in [-0.05, 0) is 70.1 Å². The number of fused-ring (bicyclic) bond motifs is 1. The summed E-state index contributed by atoms with van der Waals surface area (Å²) in [5.74, 6) is -5.39. The van der Waals surface area contributed by atoms with Gasteiger partial charge in [0, 0.05) is 5.92 Å². The summed E-state index contributed by atoms with van der Waals surface area (Å²) in [6.45, 7) is -0.833. The third-order valence-electron chi connectivity index (χ3n) is 12.4. The monoisotopic (exact) mass is 780 g/mol. The third kappa shape index (κ3) is 8.90. The molecule has 0 radical (unpaired) electrons. The van der Waals surface area contributed by atoms with Crippen molar-refractivity contribution in [2.24, 2.45) is 23.7 Å². The number of carbonyl (C=O) groups excluding carboxylic acids is 2. The Labute approximate surface area is 311 Å². The minimum atomic E-state index is -1.84. The van der Waals surface area contributed by atoms with Crippen LogP contribution in [0.2, 0.25) is 0 Å². The minimum absolute atomic E-state index is 0.0720. The molecule has 4 saturated carbocycles. The summed E-state index contributed by atoms with van der Waals surface area (Å²) < 4.78 is 30.6. The van der Waals surface area contributed by atoms with E-state index in [1.165, 1.54) is 0 Å². The predicted molar refractivity (Wildman–Crippen MR) is 175 cm³/mol. The van der Waals surface area contributed by atoms with Crippen LogP contribution >= 0.6 is 0 Å². The first kappa shape index (κ1) is 42.0. The summed E-state index contributed by atoms with van der Waals surface area (Å²) in [5.41, 5.74) is 0. The SMILES string of the molecule is O=C(O[C@H]1[C@H](OC2CC3C(O)CC(O)CC3OC2C2CCC(O)C(O)C2)O[C@H](CO)[C@@H](O)[C@@H]1OC(=O)C1CC(O)C(O)C(O)C1)C1CC(O)C(O)C(O)C1. The lowest BCUT2D eigenvalue weighted by atomic mass is 9.72. The summed E-state index contributed by atoms with van der Waals surface area (Å²) in [6.07, 6.45) is -24.0. The van der Waals surface area contributed by atoms with E-state index in [2.05, 4.69) is 0 Å². The Kier molecular flexibility index (Phi) is 13.6. The van der Waals surface area contributed by atoms with Crippen molar-refractivity contribution >= 4 is 11.9 Å². The van der Waals surface area contributed by atoms with Crippen molar-refractivity contribution < 1.29 is 94.6 Å². The highest BCUT2D eigenvalue weighted by atomic mass is 16.7. The molecule has 6 rings (SSSR count). The van der Waals surface area contributed by atoms with Gasteiger partial charge in [-0.15, -0.1) is 0 Å². The molecule has 2 aliphatic heterocycles. The fraction of sp³-hybridized carbons (Fsp3) is 0.943. The lowest BCUT2D eigenvalue weighted by Gasteiger charge is -2.51. The molecular weight excluding hydrogens is 724 g/mol. The molecule has 0 spiro atoms. The number of hydrogen-bond donors (Lipinski definition) is 12. The molecule has 4 aliphatic carbocycles. The van der Waals surface area contributed by atoms with E-state index in [4.69, 9.17) is 23.7 Å². The molecule has 6 fully saturated rings. The van der Waals surface area contributed by atoms with Gasteiger partial charge in [0.15, 0.2) is 18.5 Å². The predicted octanol–water partition coefficient (Wildman–Crippen LogP) is -4.93. The molecular formula is C35H56O19. The Morgan fingerprint density at radius 3 is 1.65 bits per heavy atom. The van der Waals surface area contributed by atoms with Crippen LogP contribution in [-0.4, -0.2) is 190 Å². The van der Waals surface area contributed by atoms with Crippen molar-refractivity contribution in [1.29, 1.82) is 0 Å². The van der Waals surface area contributed by atoms with E-state index >= 15 is 0 Å². The van der Waals surface area contributed by atoms with Crippen molar-refractivity contribution in [2.45, 2.75) is 174 Å². The number of rotatable bonds is 8. The van der Waals surface area contributed by atoms with E-state index < -0.39 is 152 Å². The molecule has 0 aromatic heterocycles. The highest BCUT2D eigenvalue weighted by Gasteiger charge is 2.55. The van der Waals surface area contributed by atoms with Gasteiger partial charge in [-0.1, -0.05) is 0 Å². The topological polar surface area (TPSA) is 323 Å². The molecule has 18 atom stereocenters. The van der Waals surface area contributed by atoms with Crippen molar-refractivity contribution in [3.8, 4) is 0 Å². The molecule has 19 nitrogen and oxygen atoms in total. The fourth-order valence-corrected chi connectivity index (χ4v) is 9.26. The Hall–Kier alpha value is -1.66. The lowest BCUT2D eigenvalue weighted by Crippen LogP contribution is -2.64. The summed E-state index contributed by atoms with van der Waals surface area (Å²) in [6, 6.07) is 0. The normalized spacial score (nSPS) is 51.5. The number of esters is 2. The first-order chi connectivity index (χ1) is 25.6. The van der Waals surface area contributed by atoms with Crippen LogP contribution in [0.3, 0.4) is 0 Å².